The highest BCUT2D eigenvalue weighted by molar-refractivity contribution is 9.10. The Morgan fingerprint density at radius 1 is 1.28 bits per heavy atom. The number of aryl methyl sites for hydroxylation is 1. The number of carbonyl (C=O) groups is 2. The lowest BCUT2D eigenvalue weighted by molar-refractivity contribution is -0.150. The lowest BCUT2D eigenvalue weighted by Gasteiger charge is -2.41. The Morgan fingerprint density at radius 2 is 1.93 bits per heavy atom. The van der Waals surface area contributed by atoms with E-state index in [0.29, 0.717) is 16.8 Å². The molecule has 1 spiro atoms. The molecule has 8 nitrogen and oxygen atoms in total. The molecule has 0 aromatic carbocycles. The molecule has 1 aromatic heterocycles. The summed E-state index contributed by atoms with van der Waals surface area (Å²) in [6, 6.07) is 0. The maximum atomic E-state index is 13.2. The van der Waals surface area contributed by atoms with Gasteiger partial charge in [0.15, 0.2) is 0 Å². The van der Waals surface area contributed by atoms with Gasteiger partial charge in [-0.25, -0.2) is 14.6 Å². The zero-order chi connectivity index (χ0) is 21.4. The zero-order valence-corrected chi connectivity index (χ0v) is 19.1. The summed E-state index contributed by atoms with van der Waals surface area (Å²) in [6.45, 7) is 5.30. The van der Waals surface area contributed by atoms with Gasteiger partial charge in [-0.15, -0.1) is 0 Å². The fourth-order valence-corrected chi connectivity index (χ4v) is 5.18. The lowest BCUT2D eigenvalue weighted by atomic mass is 9.77. The van der Waals surface area contributed by atoms with Crippen LogP contribution < -0.4 is 0 Å². The summed E-state index contributed by atoms with van der Waals surface area (Å²) in [5.41, 5.74) is -2.04. The van der Waals surface area contributed by atoms with Crippen LogP contribution in [-0.4, -0.2) is 55.9 Å². The van der Waals surface area contributed by atoms with Crippen LogP contribution in [0.1, 0.15) is 65.1 Å². The van der Waals surface area contributed by atoms with Gasteiger partial charge >= 0.3 is 12.1 Å². The third kappa shape index (κ3) is 4.60. The Morgan fingerprint density at radius 3 is 2.45 bits per heavy atom. The molecule has 9 heteroatoms. The van der Waals surface area contributed by atoms with Crippen molar-refractivity contribution in [2.75, 3.05) is 13.2 Å². The number of amides is 1. The summed E-state index contributed by atoms with van der Waals surface area (Å²) < 4.78 is 14.2. The Kier molecular flexibility index (Phi) is 6.02. The molecule has 0 radical (unpaired) electrons. The number of ether oxygens (including phenoxy) is 2. The normalized spacial score (nSPS) is 24.1. The average molecular weight is 472 g/mol. The van der Waals surface area contributed by atoms with Gasteiger partial charge in [0.25, 0.3) is 0 Å². The molecule has 1 aliphatic carbocycles. The number of carboxylic acids is 1. The van der Waals surface area contributed by atoms with E-state index in [4.69, 9.17) is 9.47 Å². The summed E-state index contributed by atoms with van der Waals surface area (Å²) in [4.78, 5) is 30.9. The van der Waals surface area contributed by atoms with Crippen molar-refractivity contribution in [1.29, 1.82) is 0 Å². The first-order valence-corrected chi connectivity index (χ1v) is 10.8. The van der Waals surface area contributed by atoms with E-state index in [2.05, 4.69) is 20.9 Å². The quantitative estimate of drug-likeness (QED) is 0.716. The van der Waals surface area contributed by atoms with Gasteiger partial charge in [-0.05, 0) is 49.5 Å². The van der Waals surface area contributed by atoms with Crippen molar-refractivity contribution in [3.8, 4) is 0 Å². The smallest absolute Gasteiger partial charge is 0.410 e. The molecule has 3 rings (SSSR count). The predicted octanol–water partition coefficient (Wildman–Crippen LogP) is 3.82. The van der Waals surface area contributed by atoms with Crippen LogP contribution >= 0.6 is 15.9 Å². The molecule has 2 fully saturated rings. The van der Waals surface area contributed by atoms with Crippen LogP contribution in [0.25, 0.3) is 0 Å². The molecule has 1 amide bonds. The van der Waals surface area contributed by atoms with Gasteiger partial charge in [0.05, 0.1) is 6.54 Å². The minimum absolute atomic E-state index is 0.215. The molecular weight excluding hydrogens is 442 g/mol. The molecule has 2 aliphatic rings. The predicted molar refractivity (Wildman–Crippen MR) is 110 cm³/mol. The van der Waals surface area contributed by atoms with Crippen molar-refractivity contribution in [1.82, 2.24) is 14.5 Å². The van der Waals surface area contributed by atoms with Crippen molar-refractivity contribution in [3.63, 3.8) is 0 Å². The zero-order valence-electron chi connectivity index (χ0n) is 17.5. The summed E-state index contributed by atoms with van der Waals surface area (Å²) in [5.74, 6) is -0.437. The second-order valence-corrected chi connectivity index (χ2v) is 10.0. The molecule has 1 N–H and O–H groups in total. The van der Waals surface area contributed by atoms with E-state index in [0.717, 1.165) is 32.1 Å². The van der Waals surface area contributed by atoms with E-state index < -0.39 is 29.3 Å². The van der Waals surface area contributed by atoms with Crippen LogP contribution in [-0.2, 0) is 26.9 Å². The second-order valence-electron chi connectivity index (χ2n) is 9.20. The number of rotatable bonds is 4. The van der Waals surface area contributed by atoms with Crippen LogP contribution in [0.4, 0.5) is 4.79 Å². The van der Waals surface area contributed by atoms with E-state index in [-0.39, 0.29) is 12.6 Å². The minimum atomic E-state index is -1.05. The molecule has 162 valence electrons. The maximum absolute atomic E-state index is 13.2. The highest BCUT2D eigenvalue weighted by Crippen LogP contribution is 2.51. The molecular formula is C20H30BrN3O5. The molecule has 29 heavy (non-hydrogen) atoms. The summed E-state index contributed by atoms with van der Waals surface area (Å²) in [5, 5.41) is 9.27. The standard InChI is InChI=1S/C20H30BrN3O5/c1-18(2,3)29-17(27)24-13-20(28-11-15(25)26,16-22-14(21)10-23(16)4)12-19(24)8-6-5-7-9-19/h10H,5-9,11-13H2,1-4H3,(H,25,26). The lowest BCUT2D eigenvalue weighted by Crippen LogP contribution is -2.50. The van der Waals surface area contributed by atoms with Crippen molar-refractivity contribution in [3.05, 3.63) is 16.6 Å². The summed E-state index contributed by atoms with van der Waals surface area (Å²) in [6.07, 6.45) is 6.77. The fraction of sp³-hybridized carbons (Fsp3) is 0.750. The Balaban J connectivity index is 2.03. The molecule has 1 saturated carbocycles. The van der Waals surface area contributed by atoms with Crippen LogP contribution in [0.5, 0.6) is 0 Å². The Bertz CT molecular complexity index is 782. The van der Waals surface area contributed by atoms with Crippen molar-refractivity contribution in [2.24, 2.45) is 7.05 Å². The molecule has 0 bridgehead atoms. The number of hydrogen-bond donors (Lipinski definition) is 1. The topological polar surface area (TPSA) is 93.9 Å². The molecule has 1 aliphatic heterocycles. The molecule has 1 unspecified atom stereocenters. The molecule has 1 aromatic rings. The highest BCUT2D eigenvalue weighted by Gasteiger charge is 2.59. The maximum Gasteiger partial charge on any atom is 0.410 e. The molecule has 1 saturated heterocycles. The number of imidazole rings is 1. The van der Waals surface area contributed by atoms with Crippen LogP contribution in [0, 0.1) is 0 Å². The number of carbonyl (C=O) groups excluding carboxylic acids is 1. The number of likely N-dealkylation sites (tertiary alicyclic amines) is 1. The number of aliphatic carboxylic acids is 1. The van der Waals surface area contributed by atoms with Crippen molar-refractivity contribution < 1.29 is 24.2 Å². The van der Waals surface area contributed by atoms with Gasteiger partial charge in [-0.3, -0.25) is 4.90 Å². The van der Waals surface area contributed by atoms with Gasteiger partial charge in [-0.1, -0.05) is 19.3 Å². The first kappa shape index (κ1) is 22.1. The third-order valence-electron chi connectivity index (χ3n) is 5.73. The second kappa shape index (κ2) is 7.91. The third-order valence-corrected chi connectivity index (χ3v) is 6.11. The van der Waals surface area contributed by atoms with E-state index in [1.165, 1.54) is 0 Å². The van der Waals surface area contributed by atoms with Crippen LogP contribution in [0.2, 0.25) is 0 Å². The Hall–Kier alpha value is -1.61. The van der Waals surface area contributed by atoms with Crippen molar-refractivity contribution >= 4 is 28.0 Å². The summed E-state index contributed by atoms with van der Waals surface area (Å²) >= 11 is 3.40. The van der Waals surface area contributed by atoms with E-state index >= 15 is 0 Å². The van der Waals surface area contributed by atoms with Gasteiger partial charge in [-0.2, -0.15) is 0 Å². The van der Waals surface area contributed by atoms with Crippen molar-refractivity contribution in [2.45, 2.75) is 76.0 Å². The Labute approximate surface area is 179 Å². The van der Waals surface area contributed by atoms with Gasteiger partial charge < -0.3 is 19.1 Å². The van der Waals surface area contributed by atoms with E-state index in [9.17, 15) is 14.7 Å². The minimum Gasteiger partial charge on any atom is -0.480 e. The number of aromatic nitrogens is 2. The molecule has 1 atom stereocenters. The number of halogens is 1. The van der Waals surface area contributed by atoms with Crippen LogP contribution in [0.3, 0.4) is 0 Å². The number of nitrogens with zero attached hydrogens (tertiary/aromatic N) is 3. The van der Waals surface area contributed by atoms with Gasteiger partial charge in [0.2, 0.25) is 0 Å². The highest BCUT2D eigenvalue weighted by atomic mass is 79.9. The SMILES string of the molecule is Cn1cc(Br)nc1C1(OCC(=O)O)CN(C(=O)OC(C)(C)C)C2(CCCCC2)C1. The average Bonchev–Trinajstić information content (AvgIpc) is 3.10. The number of carboxylic acid groups (broad SMARTS) is 1. The molecule has 2 heterocycles. The van der Waals surface area contributed by atoms with E-state index in [1.807, 2.05) is 38.6 Å². The monoisotopic (exact) mass is 471 g/mol. The summed E-state index contributed by atoms with van der Waals surface area (Å²) in [7, 11) is 1.85. The largest absolute Gasteiger partial charge is 0.480 e. The number of hydrogen-bond acceptors (Lipinski definition) is 5. The van der Waals surface area contributed by atoms with E-state index in [1.54, 1.807) is 4.90 Å². The van der Waals surface area contributed by atoms with Gasteiger partial charge in [0, 0.05) is 25.2 Å². The first-order valence-electron chi connectivity index (χ1n) is 10.0. The van der Waals surface area contributed by atoms with Crippen LogP contribution in [0.15, 0.2) is 10.8 Å². The van der Waals surface area contributed by atoms with Gasteiger partial charge in [0.1, 0.15) is 28.2 Å². The fourth-order valence-electron chi connectivity index (χ4n) is 4.70. The first-order chi connectivity index (χ1) is 13.5.